The Morgan fingerprint density at radius 1 is 1.14 bits per heavy atom. The molecule has 5 rings (SSSR count). The van der Waals surface area contributed by atoms with E-state index >= 15 is 0 Å². The summed E-state index contributed by atoms with van der Waals surface area (Å²) in [5, 5.41) is 14.4. The monoisotopic (exact) mass is 478 g/mol. The van der Waals surface area contributed by atoms with Gasteiger partial charge in [-0.05, 0) is 41.8 Å². The Balaban J connectivity index is 1.74. The molecule has 0 bridgehead atoms. The summed E-state index contributed by atoms with van der Waals surface area (Å²) >= 11 is 0. The maximum atomic E-state index is 12.9. The molecule has 2 heterocycles. The number of carboxylic acids is 1. The Morgan fingerprint density at radius 2 is 1.89 bits per heavy atom. The summed E-state index contributed by atoms with van der Waals surface area (Å²) in [7, 11) is 1.73. The van der Waals surface area contributed by atoms with Crippen molar-refractivity contribution in [2.24, 2.45) is 0 Å². The smallest absolute Gasteiger partial charge is 0.359 e. The number of aliphatic carboxylic acids is 1. The molecule has 0 radical (unpaired) electrons. The Kier molecular flexibility index (Phi) is 5.73. The molecule has 3 aromatic carbocycles. The number of ether oxygens (including phenoxy) is 1. The molecule has 2 N–H and O–H groups in total. The molecule has 180 valence electrons. The van der Waals surface area contributed by atoms with Crippen molar-refractivity contribution in [3.05, 3.63) is 78.1 Å². The van der Waals surface area contributed by atoms with Crippen LogP contribution in [-0.4, -0.2) is 34.7 Å². The summed E-state index contributed by atoms with van der Waals surface area (Å²) in [6.07, 6.45) is 5.36. The number of hydrogen-bond donors (Lipinski definition) is 2. The lowest BCUT2D eigenvalue weighted by molar-refractivity contribution is -0.142. The number of carboxylic acid groups (broad SMARTS) is 1. The molecule has 1 aliphatic rings. The van der Waals surface area contributed by atoms with Gasteiger partial charge < -0.3 is 20.1 Å². The number of hydrogen-bond acceptors (Lipinski definition) is 6. The average molecular weight is 479 g/mol. The van der Waals surface area contributed by atoms with Crippen LogP contribution in [0, 0.1) is 12.3 Å². The molecule has 1 unspecified atom stereocenters. The summed E-state index contributed by atoms with van der Waals surface area (Å²) in [6.45, 7) is 4.41. The Morgan fingerprint density at radius 3 is 2.56 bits per heavy atom. The van der Waals surface area contributed by atoms with Crippen LogP contribution in [0.2, 0.25) is 0 Å². The first-order valence-electron chi connectivity index (χ1n) is 11.7. The van der Waals surface area contributed by atoms with Gasteiger partial charge >= 0.3 is 5.97 Å². The number of benzene rings is 3. The number of nitrogens with zero attached hydrogens (tertiary/aromatic N) is 3. The molecular weight excluding hydrogens is 452 g/mol. The van der Waals surface area contributed by atoms with Crippen molar-refractivity contribution in [1.29, 1.82) is 0 Å². The van der Waals surface area contributed by atoms with Crippen LogP contribution in [0.1, 0.15) is 31.2 Å². The predicted molar refractivity (Wildman–Crippen MR) is 141 cm³/mol. The number of terminal acetylenes is 1. The van der Waals surface area contributed by atoms with Crippen LogP contribution in [0.3, 0.4) is 0 Å². The van der Waals surface area contributed by atoms with Crippen LogP contribution < -0.4 is 15.0 Å². The molecule has 0 aliphatic carbocycles. The van der Waals surface area contributed by atoms with Crippen LogP contribution in [0.4, 0.5) is 11.4 Å². The summed E-state index contributed by atoms with van der Waals surface area (Å²) in [6, 6.07) is 21.0. The molecular formula is C29H26N4O3. The highest BCUT2D eigenvalue weighted by Gasteiger charge is 2.53. The molecule has 0 amide bonds. The summed E-state index contributed by atoms with van der Waals surface area (Å²) < 4.78 is 5.65. The van der Waals surface area contributed by atoms with E-state index in [-0.39, 0.29) is 12.4 Å². The minimum Gasteiger partial charge on any atom is -0.481 e. The molecule has 1 atom stereocenters. The van der Waals surface area contributed by atoms with Crippen LogP contribution >= 0.6 is 0 Å². The number of carbonyl (C=O) groups is 1. The first-order chi connectivity index (χ1) is 17.3. The van der Waals surface area contributed by atoms with Gasteiger partial charge in [0.25, 0.3) is 5.66 Å². The zero-order chi connectivity index (χ0) is 25.4. The van der Waals surface area contributed by atoms with Gasteiger partial charge in [0, 0.05) is 18.0 Å². The van der Waals surface area contributed by atoms with Crippen LogP contribution in [0.15, 0.2) is 66.7 Å². The van der Waals surface area contributed by atoms with Gasteiger partial charge in [-0.1, -0.05) is 56.2 Å². The Labute approximate surface area is 209 Å². The van der Waals surface area contributed by atoms with Crippen molar-refractivity contribution in [1.82, 2.24) is 9.97 Å². The second-order valence-electron chi connectivity index (χ2n) is 9.06. The fraction of sp³-hybridized carbons (Fsp3) is 0.207. The van der Waals surface area contributed by atoms with Crippen molar-refractivity contribution in [3.8, 4) is 29.4 Å². The summed E-state index contributed by atoms with van der Waals surface area (Å²) in [5.41, 5.74) is 3.04. The lowest BCUT2D eigenvalue weighted by Crippen LogP contribution is -2.53. The lowest BCUT2D eigenvalue weighted by atomic mass is 9.99. The maximum absolute atomic E-state index is 12.9. The molecule has 0 saturated carbocycles. The fourth-order valence-corrected chi connectivity index (χ4v) is 4.56. The van der Waals surface area contributed by atoms with E-state index in [4.69, 9.17) is 21.1 Å². The van der Waals surface area contributed by atoms with E-state index in [9.17, 15) is 9.90 Å². The molecule has 0 fully saturated rings. The van der Waals surface area contributed by atoms with Crippen LogP contribution in [0.5, 0.6) is 5.75 Å². The number of nitrogens with one attached hydrogen (secondary N) is 1. The number of anilines is 2. The molecule has 4 aromatic rings. The Hall–Kier alpha value is -4.57. The highest BCUT2D eigenvalue weighted by atomic mass is 16.5. The third kappa shape index (κ3) is 3.68. The molecule has 1 aliphatic heterocycles. The number of para-hydroxylation sites is 2. The minimum absolute atomic E-state index is 0.137. The van der Waals surface area contributed by atoms with Crippen molar-refractivity contribution in [3.63, 3.8) is 0 Å². The van der Waals surface area contributed by atoms with Crippen molar-refractivity contribution in [2.75, 3.05) is 23.9 Å². The van der Waals surface area contributed by atoms with Crippen LogP contribution in [0.25, 0.3) is 22.2 Å². The van der Waals surface area contributed by atoms with Gasteiger partial charge in [-0.15, -0.1) is 6.42 Å². The number of rotatable bonds is 6. The SMILES string of the molecule is C#CCOc1ccc2nc(C3(C(=O)O)Nc4ccccc4N3C)nc(-c3ccc(C(C)C)cc3)c2c1. The van der Waals surface area contributed by atoms with Gasteiger partial charge in [0.05, 0.1) is 22.6 Å². The van der Waals surface area contributed by atoms with Crippen molar-refractivity contribution in [2.45, 2.75) is 25.4 Å². The normalized spacial score (nSPS) is 16.5. The second kappa shape index (κ2) is 8.90. The van der Waals surface area contributed by atoms with Gasteiger partial charge in [-0.2, -0.15) is 0 Å². The first-order valence-corrected chi connectivity index (χ1v) is 11.7. The fourth-order valence-electron chi connectivity index (χ4n) is 4.56. The van der Waals surface area contributed by atoms with E-state index in [1.807, 2.05) is 42.5 Å². The maximum Gasteiger partial charge on any atom is 0.359 e. The van der Waals surface area contributed by atoms with Crippen LogP contribution in [-0.2, 0) is 10.5 Å². The van der Waals surface area contributed by atoms with Gasteiger partial charge in [-0.25, -0.2) is 14.8 Å². The Bertz CT molecular complexity index is 1510. The predicted octanol–water partition coefficient (Wildman–Crippen LogP) is 5.23. The highest BCUT2D eigenvalue weighted by molar-refractivity contribution is 5.97. The number of fused-ring (bicyclic) bond motifs is 2. The van der Waals surface area contributed by atoms with E-state index < -0.39 is 11.6 Å². The zero-order valence-corrected chi connectivity index (χ0v) is 20.3. The quantitative estimate of drug-likeness (QED) is 0.367. The number of likely N-dealkylation sites (N-methyl/N-ethyl adjacent to an activating group) is 1. The van der Waals surface area contributed by atoms with E-state index in [1.54, 1.807) is 24.1 Å². The third-order valence-corrected chi connectivity index (χ3v) is 6.56. The van der Waals surface area contributed by atoms with Crippen molar-refractivity contribution < 1.29 is 14.6 Å². The number of aromatic nitrogens is 2. The molecule has 7 heteroatoms. The standard InChI is InChI=1S/C29H26N4O3/c1-5-16-36-21-14-15-23-22(17-21)26(20-12-10-19(11-13-20)18(2)3)31-27(30-23)29(28(34)35)32-24-8-6-7-9-25(24)33(29)4/h1,6-15,17-18,32H,16H2,2-4H3,(H,34,35). The highest BCUT2D eigenvalue weighted by Crippen LogP contribution is 2.44. The molecule has 0 spiro atoms. The van der Waals surface area contributed by atoms with Gasteiger partial charge in [-0.3, -0.25) is 0 Å². The summed E-state index contributed by atoms with van der Waals surface area (Å²) in [4.78, 5) is 24.2. The largest absolute Gasteiger partial charge is 0.481 e. The van der Waals surface area contributed by atoms with Crippen molar-refractivity contribution >= 4 is 28.2 Å². The van der Waals surface area contributed by atoms with Gasteiger partial charge in [0.15, 0.2) is 5.82 Å². The second-order valence-corrected chi connectivity index (χ2v) is 9.06. The molecule has 1 aromatic heterocycles. The third-order valence-electron chi connectivity index (χ3n) is 6.56. The molecule has 0 saturated heterocycles. The topological polar surface area (TPSA) is 87.6 Å². The van der Waals surface area contributed by atoms with E-state index in [1.165, 1.54) is 5.56 Å². The van der Waals surface area contributed by atoms with Gasteiger partial charge in [0.1, 0.15) is 12.4 Å². The van der Waals surface area contributed by atoms with E-state index in [2.05, 4.69) is 37.2 Å². The average Bonchev–Trinajstić information content (AvgIpc) is 3.20. The van der Waals surface area contributed by atoms with E-state index in [0.717, 1.165) is 16.6 Å². The van der Waals surface area contributed by atoms with Gasteiger partial charge in [0.2, 0.25) is 0 Å². The zero-order valence-electron chi connectivity index (χ0n) is 20.3. The first kappa shape index (κ1) is 23.2. The lowest BCUT2D eigenvalue weighted by Gasteiger charge is -2.32. The minimum atomic E-state index is -1.68. The van der Waals surface area contributed by atoms with E-state index in [0.29, 0.717) is 28.6 Å². The molecule has 36 heavy (non-hydrogen) atoms. The molecule has 7 nitrogen and oxygen atoms in total. The summed E-state index contributed by atoms with van der Waals surface area (Å²) in [5.74, 6) is 2.48.